The Kier molecular flexibility index (Phi) is 8.45. The Balaban J connectivity index is 1.90. The van der Waals surface area contributed by atoms with Crippen molar-refractivity contribution < 1.29 is 14.6 Å². The molecule has 37 heavy (non-hydrogen) atoms. The van der Waals surface area contributed by atoms with E-state index in [-0.39, 0.29) is 17.0 Å². The van der Waals surface area contributed by atoms with E-state index < -0.39 is 5.97 Å². The van der Waals surface area contributed by atoms with Crippen LogP contribution in [0.4, 0.5) is 0 Å². The fourth-order valence-corrected chi connectivity index (χ4v) is 6.76. The summed E-state index contributed by atoms with van der Waals surface area (Å²) >= 11 is 21.8. The first kappa shape index (κ1) is 27.8. The van der Waals surface area contributed by atoms with Gasteiger partial charge in [-0.15, -0.1) is 11.8 Å². The SMILES string of the molecule is Cc1nn(-c2nc(-c3ccc(Cl)c(Cl)c3)c(SC(C)C)s2)c(C(=O)O)c1-c1cc(Cl)cc(OC(C)C)c1. The Labute approximate surface area is 238 Å². The number of aryl methyl sites for hydroxylation is 1. The van der Waals surface area contributed by atoms with Crippen LogP contribution in [0.1, 0.15) is 43.9 Å². The van der Waals surface area contributed by atoms with Gasteiger partial charge in [0, 0.05) is 21.4 Å². The van der Waals surface area contributed by atoms with Crippen molar-refractivity contribution in [3.8, 4) is 33.3 Å². The molecule has 6 nitrogen and oxygen atoms in total. The number of aromatic carboxylic acids is 1. The van der Waals surface area contributed by atoms with Gasteiger partial charge in [0.25, 0.3) is 0 Å². The summed E-state index contributed by atoms with van der Waals surface area (Å²) < 4.78 is 8.12. The van der Waals surface area contributed by atoms with Gasteiger partial charge in [-0.25, -0.2) is 9.78 Å². The predicted molar refractivity (Wildman–Crippen MR) is 154 cm³/mol. The lowest BCUT2D eigenvalue weighted by Gasteiger charge is -2.12. The number of hydrogen-bond acceptors (Lipinski definition) is 6. The van der Waals surface area contributed by atoms with Crippen molar-refractivity contribution in [2.45, 2.75) is 50.2 Å². The van der Waals surface area contributed by atoms with E-state index in [1.54, 1.807) is 49.0 Å². The molecule has 4 rings (SSSR count). The molecule has 0 aliphatic rings. The van der Waals surface area contributed by atoms with Crippen LogP contribution in [0.25, 0.3) is 27.5 Å². The second-order valence-electron chi connectivity index (χ2n) is 8.80. The van der Waals surface area contributed by atoms with Gasteiger partial charge in [-0.1, -0.05) is 66.1 Å². The van der Waals surface area contributed by atoms with Crippen LogP contribution in [0.3, 0.4) is 0 Å². The summed E-state index contributed by atoms with van der Waals surface area (Å²) in [6.45, 7) is 9.74. The Morgan fingerprint density at radius 2 is 1.78 bits per heavy atom. The number of thioether (sulfide) groups is 1. The van der Waals surface area contributed by atoms with Crippen LogP contribution < -0.4 is 4.74 Å². The number of halogens is 3. The topological polar surface area (TPSA) is 77.2 Å². The van der Waals surface area contributed by atoms with Crippen molar-refractivity contribution >= 4 is 63.9 Å². The average Bonchev–Trinajstić information content (AvgIpc) is 3.35. The number of aromatic nitrogens is 3. The molecule has 0 aliphatic carbocycles. The van der Waals surface area contributed by atoms with Gasteiger partial charge >= 0.3 is 5.97 Å². The number of carboxylic acid groups (broad SMARTS) is 1. The molecule has 0 saturated heterocycles. The summed E-state index contributed by atoms with van der Waals surface area (Å²) in [5.41, 5.74) is 3.05. The second kappa shape index (κ2) is 11.3. The number of nitrogens with zero attached hydrogens (tertiary/aromatic N) is 3. The highest BCUT2D eigenvalue weighted by Crippen LogP contribution is 2.42. The largest absolute Gasteiger partial charge is 0.491 e. The molecule has 1 N–H and O–H groups in total. The molecule has 0 atom stereocenters. The van der Waals surface area contributed by atoms with Gasteiger partial charge in [0.05, 0.1) is 31.7 Å². The number of thiazole rings is 1. The maximum absolute atomic E-state index is 12.6. The van der Waals surface area contributed by atoms with Gasteiger partial charge in [-0.3, -0.25) is 0 Å². The molecule has 2 aromatic heterocycles. The molecule has 11 heteroatoms. The van der Waals surface area contributed by atoms with Crippen LogP contribution in [0.15, 0.2) is 40.6 Å². The minimum Gasteiger partial charge on any atom is -0.491 e. The summed E-state index contributed by atoms with van der Waals surface area (Å²) in [5.74, 6) is -0.584. The molecule has 0 amide bonds. The first-order chi connectivity index (χ1) is 17.4. The summed E-state index contributed by atoms with van der Waals surface area (Å²) in [4.78, 5) is 17.4. The molecule has 2 heterocycles. The Hall–Kier alpha value is -2.23. The third-order valence-corrected chi connectivity index (χ3v) is 8.30. The van der Waals surface area contributed by atoms with Crippen molar-refractivity contribution in [1.82, 2.24) is 14.8 Å². The number of ether oxygens (including phenoxy) is 1. The van der Waals surface area contributed by atoms with Crippen LogP contribution in [-0.4, -0.2) is 37.2 Å². The van der Waals surface area contributed by atoms with Gasteiger partial charge in [0.2, 0.25) is 5.13 Å². The van der Waals surface area contributed by atoms with Crippen LogP contribution in [0, 0.1) is 6.92 Å². The number of hydrogen-bond donors (Lipinski definition) is 1. The number of carboxylic acids is 1. The van der Waals surface area contributed by atoms with E-state index in [1.807, 2.05) is 19.9 Å². The molecule has 194 valence electrons. The van der Waals surface area contributed by atoms with Gasteiger partial charge in [-0.2, -0.15) is 9.78 Å². The van der Waals surface area contributed by atoms with Gasteiger partial charge in [-0.05, 0) is 56.7 Å². The Bertz CT molecular complexity index is 1480. The van der Waals surface area contributed by atoms with E-state index in [0.29, 0.717) is 48.5 Å². The fraction of sp³-hybridized carbons (Fsp3) is 0.269. The smallest absolute Gasteiger partial charge is 0.355 e. The van der Waals surface area contributed by atoms with E-state index >= 15 is 0 Å². The lowest BCUT2D eigenvalue weighted by molar-refractivity contribution is 0.0687. The molecule has 0 unspecified atom stereocenters. The fourth-order valence-electron chi connectivity index (χ4n) is 3.76. The molecule has 4 aromatic rings. The zero-order chi connectivity index (χ0) is 27.0. The molecular formula is C26H24Cl3N3O3S2. The monoisotopic (exact) mass is 595 g/mol. The third-order valence-electron chi connectivity index (χ3n) is 5.10. The van der Waals surface area contributed by atoms with Crippen LogP contribution in [0.2, 0.25) is 15.1 Å². The lowest BCUT2D eigenvalue weighted by Crippen LogP contribution is -2.09. The summed E-state index contributed by atoms with van der Waals surface area (Å²) in [6.07, 6.45) is -0.0685. The first-order valence-electron chi connectivity index (χ1n) is 11.4. The van der Waals surface area contributed by atoms with Crippen LogP contribution in [-0.2, 0) is 0 Å². The van der Waals surface area contributed by atoms with Crippen LogP contribution >= 0.6 is 57.9 Å². The highest BCUT2D eigenvalue weighted by molar-refractivity contribution is 8.01. The van der Waals surface area contributed by atoms with Crippen molar-refractivity contribution in [2.75, 3.05) is 0 Å². The van der Waals surface area contributed by atoms with E-state index in [2.05, 4.69) is 18.9 Å². The van der Waals surface area contributed by atoms with Gasteiger partial charge in [0.15, 0.2) is 5.69 Å². The molecule has 2 aromatic carbocycles. The highest BCUT2D eigenvalue weighted by atomic mass is 35.5. The van der Waals surface area contributed by atoms with E-state index in [1.165, 1.54) is 16.0 Å². The molecule has 0 radical (unpaired) electrons. The first-order valence-corrected chi connectivity index (χ1v) is 14.2. The summed E-state index contributed by atoms with van der Waals surface area (Å²) in [7, 11) is 0. The molecule has 0 saturated carbocycles. The minimum absolute atomic E-state index is 0.00852. The zero-order valence-corrected chi connectivity index (χ0v) is 24.6. The third kappa shape index (κ3) is 6.10. The number of benzene rings is 2. The maximum atomic E-state index is 12.6. The molecular weight excluding hydrogens is 573 g/mol. The van der Waals surface area contributed by atoms with Crippen molar-refractivity contribution in [2.24, 2.45) is 0 Å². The standard InChI is InChI=1S/C26H24Cl3N3O3S2/c1-12(2)35-18-9-16(8-17(27)11-18)21-14(5)31-32(23(21)24(33)34)26-30-22(25(37-26)36-13(3)4)15-6-7-19(28)20(29)10-15/h6-13H,1-5H3,(H,33,34). The van der Waals surface area contributed by atoms with Crippen LogP contribution in [0.5, 0.6) is 5.75 Å². The maximum Gasteiger partial charge on any atom is 0.355 e. The Morgan fingerprint density at radius 3 is 2.41 bits per heavy atom. The molecule has 0 fully saturated rings. The van der Waals surface area contributed by atoms with Crippen molar-refractivity contribution in [3.05, 3.63) is 62.9 Å². The van der Waals surface area contributed by atoms with Crippen molar-refractivity contribution in [1.29, 1.82) is 0 Å². The molecule has 0 bridgehead atoms. The zero-order valence-electron chi connectivity index (χ0n) is 20.7. The minimum atomic E-state index is -1.13. The number of carbonyl (C=O) groups is 1. The Morgan fingerprint density at radius 1 is 1.05 bits per heavy atom. The quantitative estimate of drug-likeness (QED) is 0.205. The van der Waals surface area contributed by atoms with Gasteiger partial charge in [0.1, 0.15) is 5.75 Å². The second-order valence-corrected chi connectivity index (χ2v) is 12.9. The number of rotatable bonds is 8. The molecule has 0 aliphatic heterocycles. The lowest BCUT2D eigenvalue weighted by atomic mass is 10.0. The normalized spacial score (nSPS) is 11.5. The molecule has 0 spiro atoms. The van der Waals surface area contributed by atoms with Gasteiger partial charge < -0.3 is 9.84 Å². The summed E-state index contributed by atoms with van der Waals surface area (Å²) in [5, 5.41) is 16.9. The van der Waals surface area contributed by atoms with E-state index in [0.717, 1.165) is 9.77 Å². The van der Waals surface area contributed by atoms with Crippen molar-refractivity contribution in [3.63, 3.8) is 0 Å². The van der Waals surface area contributed by atoms with E-state index in [9.17, 15) is 9.90 Å². The average molecular weight is 597 g/mol. The summed E-state index contributed by atoms with van der Waals surface area (Å²) in [6, 6.07) is 10.5. The predicted octanol–water partition coefficient (Wildman–Crippen LogP) is 8.92. The highest BCUT2D eigenvalue weighted by Gasteiger charge is 2.27. The van der Waals surface area contributed by atoms with E-state index in [4.69, 9.17) is 44.5 Å².